The van der Waals surface area contributed by atoms with Crippen LogP contribution in [0.25, 0.3) is 5.57 Å². The van der Waals surface area contributed by atoms with Crippen molar-refractivity contribution in [2.45, 2.75) is 13.0 Å². The molecule has 1 saturated heterocycles. The normalized spacial score (nSPS) is 18.5. The number of rotatable bonds is 4. The van der Waals surface area contributed by atoms with Gasteiger partial charge < -0.3 is 18.9 Å². The molecule has 1 aromatic carbocycles. The second-order valence-electron chi connectivity index (χ2n) is 5.44. The molecule has 7 heteroatoms. The third-order valence-corrected chi connectivity index (χ3v) is 3.96. The third kappa shape index (κ3) is 3.30. The van der Waals surface area contributed by atoms with Crippen molar-refractivity contribution in [1.82, 2.24) is 15.0 Å². The predicted octanol–water partition coefficient (Wildman–Crippen LogP) is 2.08. The van der Waals surface area contributed by atoms with Gasteiger partial charge in [0.25, 0.3) is 0 Å². The maximum Gasteiger partial charge on any atom is 0.247 e. The van der Waals surface area contributed by atoms with Gasteiger partial charge in [0.2, 0.25) is 12.3 Å². The first-order valence-electron chi connectivity index (χ1n) is 7.67. The molecule has 2 aromatic rings. The topological polar surface area (TPSA) is 77.7 Å². The number of methoxy groups -OCH3 is 1. The van der Waals surface area contributed by atoms with E-state index < -0.39 is 0 Å². The van der Waals surface area contributed by atoms with E-state index in [-0.39, 0.29) is 11.9 Å². The second-order valence-corrected chi connectivity index (χ2v) is 5.44. The maximum absolute atomic E-state index is 12.8. The van der Waals surface area contributed by atoms with Crippen LogP contribution in [0.2, 0.25) is 0 Å². The zero-order chi connectivity index (χ0) is 16.9. The van der Waals surface area contributed by atoms with Crippen LogP contribution in [0.3, 0.4) is 0 Å². The number of aromatic nitrogens is 2. The predicted molar refractivity (Wildman–Crippen MR) is 86.2 cm³/mol. The summed E-state index contributed by atoms with van der Waals surface area (Å²) in [5.74, 6) is 1.07. The number of allylic oxidation sites excluding steroid dienone is 1. The standard InChI is InChI=1S/C17H19N3O4/c1-12(13-5-3-4-6-15(13)22-2)9-16(21)20-7-8-23-10-14(20)17-18-11-24-19-17/h3-6,9,11,14H,7-8,10H2,1-2H3. The smallest absolute Gasteiger partial charge is 0.247 e. The largest absolute Gasteiger partial charge is 0.496 e. The van der Waals surface area contributed by atoms with E-state index in [1.807, 2.05) is 31.2 Å². The average molecular weight is 329 g/mol. The summed E-state index contributed by atoms with van der Waals surface area (Å²) >= 11 is 0. The Morgan fingerprint density at radius 2 is 2.25 bits per heavy atom. The fourth-order valence-corrected chi connectivity index (χ4v) is 2.72. The molecule has 1 atom stereocenters. The molecule has 1 aromatic heterocycles. The lowest BCUT2D eigenvalue weighted by atomic mass is 10.1. The van der Waals surface area contributed by atoms with Crippen LogP contribution < -0.4 is 4.74 Å². The fraction of sp³-hybridized carbons (Fsp3) is 0.353. The first-order chi connectivity index (χ1) is 11.7. The minimum Gasteiger partial charge on any atom is -0.496 e. The Balaban J connectivity index is 1.84. The van der Waals surface area contributed by atoms with Gasteiger partial charge in [-0.2, -0.15) is 4.98 Å². The van der Waals surface area contributed by atoms with E-state index in [4.69, 9.17) is 14.0 Å². The summed E-state index contributed by atoms with van der Waals surface area (Å²) in [6.45, 7) is 3.21. The highest BCUT2D eigenvalue weighted by Crippen LogP contribution is 2.27. The molecule has 0 N–H and O–H groups in total. The first kappa shape index (κ1) is 16.2. The van der Waals surface area contributed by atoms with Crippen LogP contribution in [0, 0.1) is 0 Å². The van der Waals surface area contributed by atoms with Crippen LogP contribution in [-0.4, -0.2) is 47.8 Å². The Kier molecular flexibility index (Phi) is 4.90. The molecular weight excluding hydrogens is 310 g/mol. The number of nitrogens with zero attached hydrogens (tertiary/aromatic N) is 3. The number of ether oxygens (including phenoxy) is 2. The van der Waals surface area contributed by atoms with Crippen molar-refractivity contribution >= 4 is 11.5 Å². The van der Waals surface area contributed by atoms with Gasteiger partial charge in [-0.25, -0.2) is 0 Å². The van der Waals surface area contributed by atoms with Gasteiger partial charge in [-0.1, -0.05) is 23.4 Å². The zero-order valence-electron chi connectivity index (χ0n) is 13.6. The second kappa shape index (κ2) is 7.27. The number of para-hydroxylation sites is 1. The minimum absolute atomic E-state index is 0.114. The molecule has 0 radical (unpaired) electrons. The molecule has 1 aliphatic heterocycles. The summed E-state index contributed by atoms with van der Waals surface area (Å²) in [7, 11) is 1.61. The van der Waals surface area contributed by atoms with Gasteiger partial charge in [0.1, 0.15) is 11.8 Å². The molecule has 3 rings (SSSR count). The number of morpholine rings is 1. The number of hydrogen-bond acceptors (Lipinski definition) is 6. The lowest BCUT2D eigenvalue weighted by Crippen LogP contribution is -2.43. The molecule has 1 aliphatic rings. The SMILES string of the molecule is COc1ccccc1C(C)=CC(=O)N1CCOCC1c1ncon1. The van der Waals surface area contributed by atoms with Crippen molar-refractivity contribution in [2.24, 2.45) is 0 Å². The highest BCUT2D eigenvalue weighted by Gasteiger charge is 2.30. The molecule has 126 valence electrons. The Morgan fingerprint density at radius 1 is 1.42 bits per heavy atom. The van der Waals surface area contributed by atoms with E-state index in [0.29, 0.717) is 25.6 Å². The number of amides is 1. The Bertz CT molecular complexity index is 727. The van der Waals surface area contributed by atoms with Crippen LogP contribution in [-0.2, 0) is 9.53 Å². The lowest BCUT2D eigenvalue weighted by Gasteiger charge is -2.33. The van der Waals surface area contributed by atoms with Crippen molar-refractivity contribution < 1.29 is 18.8 Å². The molecule has 7 nitrogen and oxygen atoms in total. The van der Waals surface area contributed by atoms with Gasteiger partial charge in [0.05, 0.1) is 20.3 Å². The van der Waals surface area contributed by atoms with E-state index in [0.717, 1.165) is 16.9 Å². The Hall–Kier alpha value is -2.67. The van der Waals surface area contributed by atoms with Gasteiger partial charge in [-0.15, -0.1) is 0 Å². The molecule has 1 unspecified atom stereocenters. The van der Waals surface area contributed by atoms with Crippen LogP contribution in [0.1, 0.15) is 24.4 Å². The van der Waals surface area contributed by atoms with Crippen molar-refractivity contribution in [3.05, 3.63) is 48.1 Å². The van der Waals surface area contributed by atoms with Crippen LogP contribution >= 0.6 is 0 Å². The summed E-state index contributed by atoms with van der Waals surface area (Å²) < 4.78 is 15.6. The maximum atomic E-state index is 12.8. The molecule has 2 heterocycles. The first-order valence-corrected chi connectivity index (χ1v) is 7.67. The third-order valence-electron chi connectivity index (χ3n) is 3.96. The molecule has 0 spiro atoms. The quantitative estimate of drug-likeness (QED) is 0.799. The molecule has 1 amide bonds. The molecule has 24 heavy (non-hydrogen) atoms. The summed E-state index contributed by atoms with van der Waals surface area (Å²) in [6.07, 6.45) is 2.86. The van der Waals surface area contributed by atoms with E-state index in [2.05, 4.69) is 10.1 Å². The van der Waals surface area contributed by atoms with Gasteiger partial charge in [-0.05, 0) is 18.6 Å². The monoisotopic (exact) mass is 329 g/mol. The molecule has 1 fully saturated rings. The zero-order valence-corrected chi connectivity index (χ0v) is 13.6. The highest BCUT2D eigenvalue weighted by molar-refractivity contribution is 5.95. The van der Waals surface area contributed by atoms with Crippen molar-refractivity contribution in [2.75, 3.05) is 26.9 Å². The van der Waals surface area contributed by atoms with E-state index in [1.54, 1.807) is 18.1 Å². The van der Waals surface area contributed by atoms with Crippen LogP contribution in [0.15, 0.2) is 41.3 Å². The van der Waals surface area contributed by atoms with Crippen molar-refractivity contribution in [3.8, 4) is 5.75 Å². The lowest BCUT2D eigenvalue weighted by molar-refractivity contribution is -0.135. The number of carbonyl (C=O) groups excluding carboxylic acids is 1. The highest BCUT2D eigenvalue weighted by atomic mass is 16.5. The van der Waals surface area contributed by atoms with Crippen LogP contribution in [0.4, 0.5) is 0 Å². The van der Waals surface area contributed by atoms with E-state index in [9.17, 15) is 4.79 Å². The minimum atomic E-state index is -0.341. The summed E-state index contributed by atoms with van der Waals surface area (Å²) in [5, 5.41) is 3.84. The summed E-state index contributed by atoms with van der Waals surface area (Å²) in [5.41, 5.74) is 1.72. The van der Waals surface area contributed by atoms with Gasteiger partial charge in [0, 0.05) is 18.2 Å². The fourth-order valence-electron chi connectivity index (χ4n) is 2.72. The Morgan fingerprint density at radius 3 is 3.00 bits per heavy atom. The number of hydrogen-bond donors (Lipinski definition) is 0. The van der Waals surface area contributed by atoms with Crippen molar-refractivity contribution in [1.29, 1.82) is 0 Å². The molecule has 0 saturated carbocycles. The molecular formula is C17H19N3O4. The molecule has 0 bridgehead atoms. The van der Waals surface area contributed by atoms with Gasteiger partial charge >= 0.3 is 0 Å². The number of benzene rings is 1. The van der Waals surface area contributed by atoms with Crippen molar-refractivity contribution in [3.63, 3.8) is 0 Å². The Labute approximate surface area is 139 Å². The van der Waals surface area contributed by atoms with E-state index >= 15 is 0 Å². The van der Waals surface area contributed by atoms with Crippen LogP contribution in [0.5, 0.6) is 5.75 Å². The number of carbonyl (C=O) groups is 1. The average Bonchev–Trinajstić information content (AvgIpc) is 3.16. The summed E-state index contributed by atoms with van der Waals surface area (Å²) in [4.78, 5) is 18.5. The summed E-state index contributed by atoms with van der Waals surface area (Å²) in [6, 6.07) is 7.26. The molecule has 0 aliphatic carbocycles. The van der Waals surface area contributed by atoms with Gasteiger partial charge in [0.15, 0.2) is 5.82 Å². The van der Waals surface area contributed by atoms with E-state index in [1.165, 1.54) is 6.39 Å². The van der Waals surface area contributed by atoms with Gasteiger partial charge in [-0.3, -0.25) is 4.79 Å².